The van der Waals surface area contributed by atoms with Gasteiger partial charge in [0.1, 0.15) is 23.0 Å². The fourth-order valence-electron chi connectivity index (χ4n) is 2.31. The molecule has 0 spiro atoms. The summed E-state index contributed by atoms with van der Waals surface area (Å²) < 4.78 is 15.5. The Hall–Kier alpha value is -2.83. The molecule has 0 aliphatic rings. The van der Waals surface area contributed by atoms with E-state index in [0.29, 0.717) is 12.0 Å². The van der Waals surface area contributed by atoms with Gasteiger partial charge >= 0.3 is 17.7 Å². The highest BCUT2D eigenvalue weighted by Gasteiger charge is 2.22. The standard InChI is InChI=1S/C19H23NO6/c1-6-12-9-16(21)25-15-10-13(7-8-14(12)15)24-17(22)11(2)20-18(23)26-19(3,4)5/h7-11H,6H2,1-5H3,(H,20,23)/t11-/m0/s1. The summed E-state index contributed by atoms with van der Waals surface area (Å²) in [4.78, 5) is 35.5. The molecule has 0 fully saturated rings. The zero-order chi connectivity index (χ0) is 19.5. The van der Waals surface area contributed by atoms with Crippen LogP contribution in [-0.4, -0.2) is 23.7 Å². The lowest BCUT2D eigenvalue weighted by Crippen LogP contribution is -2.43. The molecular weight excluding hydrogens is 338 g/mol. The quantitative estimate of drug-likeness (QED) is 0.511. The molecule has 140 valence electrons. The molecule has 0 saturated carbocycles. The molecule has 1 heterocycles. The van der Waals surface area contributed by atoms with Crippen molar-refractivity contribution < 1.29 is 23.5 Å². The molecule has 2 aromatic rings. The summed E-state index contributed by atoms with van der Waals surface area (Å²) in [5.74, 6) is -0.444. The number of nitrogens with one attached hydrogen (secondary N) is 1. The van der Waals surface area contributed by atoms with Gasteiger partial charge in [-0.1, -0.05) is 6.92 Å². The van der Waals surface area contributed by atoms with E-state index in [1.807, 2.05) is 6.92 Å². The van der Waals surface area contributed by atoms with E-state index in [4.69, 9.17) is 13.9 Å². The third-order valence-corrected chi connectivity index (χ3v) is 3.49. The van der Waals surface area contributed by atoms with Crippen molar-refractivity contribution in [1.82, 2.24) is 5.32 Å². The number of esters is 1. The molecule has 1 N–H and O–H groups in total. The average molecular weight is 361 g/mol. The van der Waals surface area contributed by atoms with Gasteiger partial charge in [-0.3, -0.25) is 0 Å². The first-order valence-electron chi connectivity index (χ1n) is 8.37. The maximum Gasteiger partial charge on any atom is 0.408 e. The van der Waals surface area contributed by atoms with E-state index in [1.54, 1.807) is 32.9 Å². The van der Waals surface area contributed by atoms with Crippen LogP contribution in [0.5, 0.6) is 5.75 Å². The number of rotatable bonds is 4. The Morgan fingerprint density at radius 2 is 1.92 bits per heavy atom. The minimum atomic E-state index is -0.908. The Morgan fingerprint density at radius 1 is 1.23 bits per heavy atom. The van der Waals surface area contributed by atoms with Crippen LogP contribution in [0.15, 0.2) is 33.5 Å². The van der Waals surface area contributed by atoms with Crippen LogP contribution >= 0.6 is 0 Å². The van der Waals surface area contributed by atoms with Crippen LogP contribution in [0.2, 0.25) is 0 Å². The summed E-state index contributed by atoms with van der Waals surface area (Å²) in [6.45, 7) is 8.60. The predicted octanol–water partition coefficient (Wildman–Crippen LogP) is 3.17. The van der Waals surface area contributed by atoms with Gasteiger partial charge < -0.3 is 19.2 Å². The maximum atomic E-state index is 12.2. The summed E-state index contributed by atoms with van der Waals surface area (Å²) >= 11 is 0. The van der Waals surface area contributed by atoms with E-state index in [2.05, 4.69) is 5.32 Å². The van der Waals surface area contributed by atoms with Crippen molar-refractivity contribution in [2.24, 2.45) is 0 Å². The van der Waals surface area contributed by atoms with E-state index >= 15 is 0 Å². The summed E-state index contributed by atoms with van der Waals surface area (Å²) in [7, 11) is 0. The first-order chi connectivity index (χ1) is 12.1. The second-order valence-corrected chi connectivity index (χ2v) is 6.89. The van der Waals surface area contributed by atoms with Crippen LogP contribution in [0, 0.1) is 0 Å². The monoisotopic (exact) mass is 361 g/mol. The van der Waals surface area contributed by atoms with Gasteiger partial charge in [0.25, 0.3) is 0 Å². The third kappa shape index (κ3) is 5.08. The second-order valence-electron chi connectivity index (χ2n) is 6.89. The largest absolute Gasteiger partial charge is 0.444 e. The molecule has 1 aromatic carbocycles. The van der Waals surface area contributed by atoms with Crippen molar-refractivity contribution >= 4 is 23.0 Å². The van der Waals surface area contributed by atoms with Gasteiger partial charge in [0.15, 0.2) is 0 Å². The number of hydrogen-bond acceptors (Lipinski definition) is 6. The number of carbonyl (C=O) groups is 2. The lowest BCUT2D eigenvalue weighted by molar-refractivity contribution is -0.136. The number of carbonyl (C=O) groups excluding carboxylic acids is 2. The van der Waals surface area contributed by atoms with E-state index in [9.17, 15) is 14.4 Å². The lowest BCUT2D eigenvalue weighted by atomic mass is 10.1. The SMILES string of the molecule is CCc1cc(=O)oc2cc(OC(=O)[C@H](C)NC(=O)OC(C)(C)C)ccc12. The topological polar surface area (TPSA) is 94.8 Å². The Morgan fingerprint density at radius 3 is 2.54 bits per heavy atom. The number of alkyl carbamates (subject to hydrolysis) is 1. The fourth-order valence-corrected chi connectivity index (χ4v) is 2.31. The normalized spacial score (nSPS) is 12.5. The number of amides is 1. The molecule has 26 heavy (non-hydrogen) atoms. The smallest absolute Gasteiger partial charge is 0.408 e. The highest BCUT2D eigenvalue weighted by molar-refractivity contribution is 5.85. The van der Waals surface area contributed by atoms with Crippen LogP contribution in [0.4, 0.5) is 4.79 Å². The van der Waals surface area contributed by atoms with E-state index < -0.39 is 29.3 Å². The van der Waals surface area contributed by atoms with Gasteiger partial charge in [-0.05, 0) is 51.8 Å². The van der Waals surface area contributed by atoms with E-state index in [0.717, 1.165) is 10.9 Å². The summed E-state index contributed by atoms with van der Waals surface area (Å²) in [6, 6.07) is 5.36. The molecule has 7 nitrogen and oxygen atoms in total. The van der Waals surface area contributed by atoms with Crippen molar-refractivity contribution in [3.63, 3.8) is 0 Å². The van der Waals surface area contributed by atoms with Crippen molar-refractivity contribution in [3.05, 3.63) is 40.2 Å². The van der Waals surface area contributed by atoms with Crippen molar-refractivity contribution in [1.29, 1.82) is 0 Å². The van der Waals surface area contributed by atoms with Crippen LogP contribution < -0.4 is 15.7 Å². The second kappa shape index (κ2) is 7.59. The number of fused-ring (bicyclic) bond motifs is 1. The number of benzene rings is 1. The van der Waals surface area contributed by atoms with Gasteiger partial charge in [-0.25, -0.2) is 14.4 Å². The third-order valence-electron chi connectivity index (χ3n) is 3.49. The highest BCUT2D eigenvalue weighted by Crippen LogP contribution is 2.23. The van der Waals surface area contributed by atoms with Crippen LogP contribution in [0.1, 0.15) is 40.2 Å². The van der Waals surface area contributed by atoms with Crippen LogP contribution in [-0.2, 0) is 16.0 Å². The maximum absolute atomic E-state index is 12.2. The van der Waals surface area contributed by atoms with Crippen LogP contribution in [0.3, 0.4) is 0 Å². The zero-order valence-electron chi connectivity index (χ0n) is 15.5. The molecule has 0 aliphatic heterocycles. The van der Waals surface area contributed by atoms with E-state index in [-0.39, 0.29) is 5.75 Å². The minimum absolute atomic E-state index is 0.219. The first-order valence-corrected chi connectivity index (χ1v) is 8.37. The van der Waals surface area contributed by atoms with Crippen molar-refractivity contribution in [2.45, 2.75) is 52.7 Å². The molecular formula is C19H23NO6. The fraction of sp³-hybridized carbons (Fsp3) is 0.421. The molecule has 0 aliphatic carbocycles. The number of hydrogen-bond donors (Lipinski definition) is 1. The Kier molecular flexibility index (Phi) is 5.69. The molecule has 2 rings (SSSR count). The van der Waals surface area contributed by atoms with Gasteiger partial charge in [-0.2, -0.15) is 0 Å². The average Bonchev–Trinajstić information content (AvgIpc) is 2.51. The zero-order valence-corrected chi connectivity index (χ0v) is 15.5. The van der Waals surface area contributed by atoms with Crippen molar-refractivity contribution in [3.8, 4) is 5.75 Å². The molecule has 0 unspecified atom stereocenters. The van der Waals surface area contributed by atoms with Gasteiger partial charge in [-0.15, -0.1) is 0 Å². The number of aryl methyl sites for hydroxylation is 1. The summed E-state index contributed by atoms with van der Waals surface area (Å²) in [5.41, 5.74) is 0.0694. The highest BCUT2D eigenvalue weighted by atomic mass is 16.6. The molecule has 1 amide bonds. The molecule has 7 heteroatoms. The lowest BCUT2D eigenvalue weighted by Gasteiger charge is -2.21. The number of ether oxygens (including phenoxy) is 2. The van der Waals surface area contributed by atoms with Gasteiger partial charge in [0.05, 0.1) is 0 Å². The molecule has 1 aromatic heterocycles. The Bertz CT molecular complexity index is 878. The molecule has 0 bridgehead atoms. The minimum Gasteiger partial charge on any atom is -0.444 e. The summed E-state index contributed by atoms with van der Waals surface area (Å²) in [5, 5.41) is 3.20. The van der Waals surface area contributed by atoms with Gasteiger partial charge in [0.2, 0.25) is 0 Å². The van der Waals surface area contributed by atoms with E-state index in [1.165, 1.54) is 19.1 Å². The Balaban J connectivity index is 2.11. The van der Waals surface area contributed by atoms with Crippen LogP contribution in [0.25, 0.3) is 11.0 Å². The Labute approximate surface area is 151 Å². The molecule has 0 saturated heterocycles. The molecule has 0 radical (unpaired) electrons. The van der Waals surface area contributed by atoms with Crippen molar-refractivity contribution in [2.75, 3.05) is 0 Å². The summed E-state index contributed by atoms with van der Waals surface area (Å²) in [6.07, 6.45) is -0.0306. The predicted molar refractivity (Wildman–Crippen MR) is 96.3 cm³/mol. The van der Waals surface area contributed by atoms with Gasteiger partial charge in [0, 0.05) is 17.5 Å². The first kappa shape index (κ1) is 19.5. The molecule has 1 atom stereocenters.